The molecule has 0 saturated carbocycles. The molecule has 2 heterocycles. The molecule has 5 heteroatoms. The molecule has 3 nitrogen and oxygen atoms in total. The van der Waals surface area contributed by atoms with Crippen molar-refractivity contribution < 1.29 is 13.9 Å². The molecule has 2 aromatic heterocycles. The van der Waals surface area contributed by atoms with Gasteiger partial charge in [-0.15, -0.1) is 0 Å². The van der Waals surface area contributed by atoms with Crippen LogP contribution in [0, 0.1) is 5.82 Å². The summed E-state index contributed by atoms with van der Waals surface area (Å²) in [5.74, 6) is -0.180. The summed E-state index contributed by atoms with van der Waals surface area (Å²) in [6.07, 6.45) is 1.41. The van der Waals surface area contributed by atoms with Gasteiger partial charge in [-0.25, -0.2) is 4.39 Å². The highest BCUT2D eigenvalue weighted by atomic mass is 35.5. The van der Waals surface area contributed by atoms with E-state index in [0.717, 1.165) is 11.6 Å². The fourth-order valence-electron chi connectivity index (χ4n) is 1.91. The lowest BCUT2D eigenvalue weighted by atomic mass is 10.1. The average molecular weight is 278 g/mol. The summed E-state index contributed by atoms with van der Waals surface area (Å²) in [6.45, 7) is 0. The fourth-order valence-corrected chi connectivity index (χ4v) is 2.09. The lowest BCUT2D eigenvalue weighted by molar-refractivity contribution is 0.191. The van der Waals surface area contributed by atoms with Crippen LogP contribution in [0.2, 0.25) is 5.02 Å². The predicted molar refractivity (Wildman–Crippen MR) is 69.5 cm³/mol. The van der Waals surface area contributed by atoms with Crippen LogP contribution in [-0.4, -0.2) is 10.1 Å². The summed E-state index contributed by atoms with van der Waals surface area (Å²) < 4.78 is 18.6. The third-order valence-electron chi connectivity index (χ3n) is 2.81. The molecule has 0 aliphatic heterocycles. The zero-order chi connectivity index (χ0) is 13.4. The van der Waals surface area contributed by atoms with Gasteiger partial charge in [-0.3, -0.25) is 4.98 Å². The Balaban J connectivity index is 2.04. The molecule has 1 N–H and O–H groups in total. The number of aromatic nitrogens is 1. The van der Waals surface area contributed by atoms with E-state index in [-0.39, 0.29) is 0 Å². The Labute approximate surface area is 113 Å². The van der Waals surface area contributed by atoms with Crippen molar-refractivity contribution in [3.63, 3.8) is 0 Å². The molecule has 0 spiro atoms. The van der Waals surface area contributed by atoms with Crippen molar-refractivity contribution in [2.45, 2.75) is 6.10 Å². The summed E-state index contributed by atoms with van der Waals surface area (Å²) >= 11 is 5.88. The van der Waals surface area contributed by atoms with E-state index in [9.17, 15) is 9.50 Å². The van der Waals surface area contributed by atoms with Crippen LogP contribution in [0.3, 0.4) is 0 Å². The van der Waals surface area contributed by atoms with Crippen LogP contribution in [0.1, 0.15) is 17.4 Å². The second kappa shape index (κ2) is 4.64. The molecule has 3 rings (SSSR count). The number of pyridine rings is 1. The predicted octanol–water partition coefficient (Wildman–Crippen LogP) is 3.70. The van der Waals surface area contributed by atoms with Crippen molar-refractivity contribution in [2.75, 3.05) is 0 Å². The number of aliphatic hydroxyl groups excluding tert-OH is 1. The van der Waals surface area contributed by atoms with Gasteiger partial charge in [-0.1, -0.05) is 11.6 Å². The van der Waals surface area contributed by atoms with E-state index in [1.165, 1.54) is 12.3 Å². The average Bonchev–Trinajstić information content (AvgIpc) is 2.80. The molecule has 19 heavy (non-hydrogen) atoms. The fraction of sp³-hybridized carbons (Fsp3) is 0.0714. The lowest BCUT2D eigenvalue weighted by Crippen LogP contribution is -1.99. The van der Waals surface area contributed by atoms with Crippen molar-refractivity contribution in [1.29, 1.82) is 0 Å². The van der Waals surface area contributed by atoms with E-state index >= 15 is 0 Å². The Bertz CT molecular complexity index is 741. The molecule has 0 bridgehead atoms. The Kier molecular flexibility index (Phi) is 2.97. The number of hydrogen-bond acceptors (Lipinski definition) is 3. The first-order chi connectivity index (χ1) is 9.13. The minimum atomic E-state index is -1.06. The van der Waals surface area contributed by atoms with Crippen LogP contribution in [0.4, 0.5) is 4.39 Å². The van der Waals surface area contributed by atoms with Gasteiger partial charge >= 0.3 is 0 Å². The second-order valence-corrected chi connectivity index (χ2v) is 4.61. The highest BCUT2D eigenvalue weighted by Gasteiger charge is 2.16. The molecule has 3 aromatic rings. The van der Waals surface area contributed by atoms with Crippen LogP contribution in [0.15, 0.2) is 47.1 Å². The van der Waals surface area contributed by atoms with Gasteiger partial charge in [-0.2, -0.15) is 0 Å². The molecule has 1 aromatic carbocycles. The zero-order valence-corrected chi connectivity index (χ0v) is 10.4. The van der Waals surface area contributed by atoms with Gasteiger partial charge in [0, 0.05) is 22.2 Å². The summed E-state index contributed by atoms with van der Waals surface area (Å²) in [5.41, 5.74) is 0.952. The molecule has 0 radical (unpaired) electrons. The largest absolute Gasteiger partial charge is 0.458 e. The number of fused-ring (bicyclic) bond motifs is 1. The molecule has 1 unspecified atom stereocenters. The van der Waals surface area contributed by atoms with Crippen molar-refractivity contribution in [3.05, 3.63) is 64.9 Å². The maximum absolute atomic E-state index is 13.1. The monoisotopic (exact) mass is 277 g/mol. The summed E-state index contributed by atoms with van der Waals surface area (Å²) in [4.78, 5) is 3.70. The van der Waals surface area contributed by atoms with Gasteiger partial charge in [-0.05, 0) is 30.3 Å². The first-order valence-corrected chi connectivity index (χ1v) is 5.99. The van der Waals surface area contributed by atoms with Crippen molar-refractivity contribution >= 4 is 22.6 Å². The van der Waals surface area contributed by atoms with Gasteiger partial charge in [0.05, 0.1) is 6.20 Å². The number of hydrogen-bond donors (Lipinski definition) is 1. The summed E-state index contributed by atoms with van der Waals surface area (Å²) in [5, 5.41) is 11.5. The van der Waals surface area contributed by atoms with Gasteiger partial charge in [0.25, 0.3) is 0 Å². The molecule has 96 valence electrons. The molecule has 1 atom stereocenters. The standard InChI is InChI=1S/C14H9ClFNO2/c15-10-1-2-12-8(3-10)5-13(19-12)14(18)9-4-11(16)7-17-6-9/h1-7,14,18H. The quantitative estimate of drug-likeness (QED) is 0.777. The minimum absolute atomic E-state index is 0.324. The van der Waals surface area contributed by atoms with E-state index in [0.29, 0.717) is 21.9 Å². The maximum Gasteiger partial charge on any atom is 0.141 e. The Morgan fingerprint density at radius 2 is 2.05 bits per heavy atom. The zero-order valence-electron chi connectivity index (χ0n) is 9.68. The van der Waals surface area contributed by atoms with Crippen LogP contribution in [-0.2, 0) is 0 Å². The number of halogens is 2. The third-order valence-corrected chi connectivity index (χ3v) is 3.04. The molecule has 0 aliphatic rings. The van der Waals surface area contributed by atoms with Crippen molar-refractivity contribution in [1.82, 2.24) is 4.98 Å². The minimum Gasteiger partial charge on any atom is -0.458 e. The molecule has 0 saturated heterocycles. The van der Waals surface area contributed by atoms with E-state index < -0.39 is 11.9 Å². The van der Waals surface area contributed by atoms with E-state index in [1.54, 1.807) is 24.3 Å². The molecule has 0 fully saturated rings. The highest BCUT2D eigenvalue weighted by molar-refractivity contribution is 6.31. The maximum atomic E-state index is 13.1. The molecule has 0 amide bonds. The van der Waals surface area contributed by atoms with Gasteiger partial charge in [0.2, 0.25) is 0 Å². The second-order valence-electron chi connectivity index (χ2n) is 4.17. The number of nitrogens with zero attached hydrogens (tertiary/aromatic N) is 1. The summed E-state index contributed by atoms with van der Waals surface area (Å²) in [6, 6.07) is 8.06. The third kappa shape index (κ3) is 2.32. The molecular weight excluding hydrogens is 269 g/mol. The van der Waals surface area contributed by atoms with E-state index in [2.05, 4.69) is 4.98 Å². The number of rotatable bonds is 2. The Hall–Kier alpha value is -1.91. The summed E-state index contributed by atoms with van der Waals surface area (Å²) in [7, 11) is 0. The van der Waals surface area contributed by atoms with Crippen molar-refractivity contribution in [3.8, 4) is 0 Å². The van der Waals surface area contributed by atoms with Crippen LogP contribution in [0.25, 0.3) is 11.0 Å². The topological polar surface area (TPSA) is 46.3 Å². The number of benzene rings is 1. The molecular formula is C14H9ClFNO2. The first kappa shape index (κ1) is 12.1. The smallest absolute Gasteiger partial charge is 0.141 e. The van der Waals surface area contributed by atoms with Crippen LogP contribution >= 0.6 is 11.6 Å². The van der Waals surface area contributed by atoms with Gasteiger partial charge in [0.1, 0.15) is 23.3 Å². The lowest BCUT2D eigenvalue weighted by Gasteiger charge is -2.06. The number of aliphatic hydroxyl groups is 1. The van der Waals surface area contributed by atoms with Crippen LogP contribution < -0.4 is 0 Å². The Morgan fingerprint density at radius 1 is 1.21 bits per heavy atom. The van der Waals surface area contributed by atoms with Crippen LogP contribution in [0.5, 0.6) is 0 Å². The number of furan rings is 1. The first-order valence-electron chi connectivity index (χ1n) is 5.61. The SMILES string of the molecule is OC(c1cncc(F)c1)c1cc2cc(Cl)ccc2o1. The highest BCUT2D eigenvalue weighted by Crippen LogP contribution is 2.29. The van der Waals surface area contributed by atoms with Gasteiger partial charge < -0.3 is 9.52 Å². The van der Waals surface area contributed by atoms with E-state index in [1.807, 2.05) is 0 Å². The molecule has 0 aliphatic carbocycles. The Morgan fingerprint density at radius 3 is 2.84 bits per heavy atom. The van der Waals surface area contributed by atoms with Gasteiger partial charge in [0.15, 0.2) is 0 Å². The normalized spacial score (nSPS) is 12.8. The van der Waals surface area contributed by atoms with Crippen molar-refractivity contribution in [2.24, 2.45) is 0 Å². The van der Waals surface area contributed by atoms with E-state index in [4.69, 9.17) is 16.0 Å².